The Morgan fingerprint density at radius 2 is 1.47 bits per heavy atom. The van der Waals surface area contributed by atoms with E-state index in [0.717, 1.165) is 47.1 Å². The lowest BCUT2D eigenvalue weighted by molar-refractivity contribution is 0.155. The number of unbranched alkanes of at least 4 members (excludes halogenated alkanes) is 2. The van der Waals surface area contributed by atoms with E-state index in [2.05, 4.69) is 31.2 Å². The van der Waals surface area contributed by atoms with Gasteiger partial charge in [0, 0.05) is 17.8 Å². The summed E-state index contributed by atoms with van der Waals surface area (Å²) in [5.74, 6) is 4.70. The zero-order valence-corrected chi connectivity index (χ0v) is 21.3. The molecule has 2 saturated carbocycles. The number of rotatable bonds is 10. The van der Waals surface area contributed by atoms with Gasteiger partial charge in [-0.3, -0.25) is 0 Å². The van der Waals surface area contributed by atoms with Crippen LogP contribution < -0.4 is 16.2 Å². The van der Waals surface area contributed by atoms with Gasteiger partial charge in [-0.05, 0) is 97.6 Å². The van der Waals surface area contributed by atoms with E-state index >= 15 is 0 Å². The van der Waals surface area contributed by atoms with Crippen molar-refractivity contribution in [2.24, 2.45) is 17.8 Å². The number of hydrogen-bond acceptors (Lipinski definition) is 3. The van der Waals surface area contributed by atoms with Crippen molar-refractivity contribution in [2.75, 3.05) is 18.1 Å². The van der Waals surface area contributed by atoms with E-state index in [0.29, 0.717) is 12.3 Å². The molecule has 0 aliphatic heterocycles. The summed E-state index contributed by atoms with van der Waals surface area (Å²) in [4.78, 5) is 0. The fraction of sp³-hybridized carbons (Fsp3) is 0.613. The zero-order valence-electron chi connectivity index (χ0n) is 21.3. The van der Waals surface area contributed by atoms with Crippen molar-refractivity contribution in [1.82, 2.24) is 0 Å². The number of hydrogen-bond donors (Lipinski definition) is 2. The van der Waals surface area contributed by atoms with Crippen LogP contribution in [0.15, 0.2) is 42.5 Å². The van der Waals surface area contributed by atoms with Crippen LogP contribution in [0.25, 0.3) is 0 Å². The third kappa shape index (κ3) is 6.93. The van der Waals surface area contributed by atoms with E-state index in [1.807, 2.05) is 18.2 Å². The predicted molar refractivity (Wildman–Crippen MR) is 145 cm³/mol. The molecule has 3 nitrogen and oxygen atoms in total. The Labute approximate surface area is 207 Å². The first kappa shape index (κ1) is 24.9. The number of nitrogen functional groups attached to an aromatic ring is 2. The molecule has 0 unspecified atom stereocenters. The first-order valence-corrected chi connectivity index (χ1v) is 14.0. The first-order chi connectivity index (χ1) is 16.6. The summed E-state index contributed by atoms with van der Waals surface area (Å²) in [7, 11) is 0. The van der Waals surface area contributed by atoms with Crippen molar-refractivity contribution in [3.8, 4) is 5.75 Å². The predicted octanol–water partition coefficient (Wildman–Crippen LogP) is 8.13. The molecule has 2 aliphatic carbocycles. The lowest BCUT2D eigenvalue weighted by Gasteiger charge is -2.38. The van der Waals surface area contributed by atoms with Crippen LogP contribution in [0.4, 0.5) is 11.4 Å². The number of ether oxygens (including phenoxy) is 1. The Hall–Kier alpha value is -2.16. The van der Waals surface area contributed by atoms with Gasteiger partial charge < -0.3 is 16.2 Å². The molecule has 0 atom stereocenters. The molecule has 0 bridgehead atoms. The molecule has 0 radical (unpaired) electrons. The van der Waals surface area contributed by atoms with E-state index in [1.54, 1.807) is 0 Å². The molecular formula is C31H46N2O. The largest absolute Gasteiger partial charge is 0.493 e. The maximum atomic E-state index is 6.05. The zero-order chi connectivity index (χ0) is 23.8. The van der Waals surface area contributed by atoms with Crippen LogP contribution in [0.2, 0.25) is 0 Å². The molecule has 2 aromatic rings. The summed E-state index contributed by atoms with van der Waals surface area (Å²) < 4.78 is 5.99. The van der Waals surface area contributed by atoms with E-state index < -0.39 is 0 Å². The minimum Gasteiger partial charge on any atom is -0.493 e. The Kier molecular flexibility index (Phi) is 9.18. The average Bonchev–Trinajstić information content (AvgIpc) is 2.87. The van der Waals surface area contributed by atoms with Crippen molar-refractivity contribution < 1.29 is 4.74 Å². The molecule has 186 valence electrons. The maximum Gasteiger partial charge on any atom is 0.119 e. The van der Waals surface area contributed by atoms with Gasteiger partial charge in [0.1, 0.15) is 5.75 Å². The summed E-state index contributed by atoms with van der Waals surface area (Å²) in [6.45, 7) is 2.94. The summed E-state index contributed by atoms with van der Waals surface area (Å²) >= 11 is 0. The first-order valence-electron chi connectivity index (χ1n) is 14.0. The third-order valence-electron chi connectivity index (χ3n) is 8.71. The van der Waals surface area contributed by atoms with Gasteiger partial charge in [0.2, 0.25) is 0 Å². The van der Waals surface area contributed by atoms with Gasteiger partial charge in [0.05, 0.1) is 6.61 Å². The Morgan fingerprint density at radius 1 is 0.794 bits per heavy atom. The van der Waals surface area contributed by atoms with Crippen molar-refractivity contribution in [2.45, 2.75) is 96.3 Å². The van der Waals surface area contributed by atoms with Crippen LogP contribution in [0.3, 0.4) is 0 Å². The molecule has 0 heterocycles. The molecule has 4 N–H and O–H groups in total. The van der Waals surface area contributed by atoms with Crippen LogP contribution in [-0.2, 0) is 6.42 Å². The van der Waals surface area contributed by atoms with Gasteiger partial charge >= 0.3 is 0 Å². The van der Waals surface area contributed by atoms with Crippen LogP contribution in [0.5, 0.6) is 5.75 Å². The van der Waals surface area contributed by atoms with E-state index in [4.69, 9.17) is 16.2 Å². The Balaban J connectivity index is 1.17. The Bertz CT molecular complexity index is 862. The highest BCUT2D eigenvalue weighted by molar-refractivity contribution is 5.56. The van der Waals surface area contributed by atoms with Crippen LogP contribution in [0.1, 0.15) is 101 Å². The van der Waals surface area contributed by atoms with Gasteiger partial charge in [-0.2, -0.15) is 0 Å². The molecule has 0 amide bonds. The van der Waals surface area contributed by atoms with Crippen molar-refractivity contribution in [1.29, 1.82) is 0 Å². The average molecular weight is 463 g/mol. The molecule has 34 heavy (non-hydrogen) atoms. The van der Waals surface area contributed by atoms with Gasteiger partial charge in [-0.1, -0.05) is 63.6 Å². The summed E-state index contributed by atoms with van der Waals surface area (Å²) in [6.07, 6.45) is 18.1. The van der Waals surface area contributed by atoms with Crippen LogP contribution in [0, 0.1) is 17.8 Å². The molecule has 2 aromatic carbocycles. The standard InChI is InChI=1S/C31H46N2O/c1-2-3-4-5-23-6-8-24(9-7-23)25-10-12-26(13-11-25)27-15-18-30(19-16-27)34-21-20-28-14-17-29(32)22-31(28)33/h14-19,22-26H,2-13,20-21,32-33H2,1H3. The highest BCUT2D eigenvalue weighted by Crippen LogP contribution is 2.44. The normalized spacial score (nSPS) is 25.2. The van der Waals surface area contributed by atoms with Crippen molar-refractivity contribution in [3.05, 3.63) is 53.6 Å². The van der Waals surface area contributed by atoms with Gasteiger partial charge in [0.15, 0.2) is 0 Å². The molecule has 0 saturated heterocycles. The molecule has 2 fully saturated rings. The number of nitrogens with two attached hydrogens (primary N) is 2. The van der Waals surface area contributed by atoms with Crippen LogP contribution in [-0.4, -0.2) is 6.61 Å². The highest BCUT2D eigenvalue weighted by atomic mass is 16.5. The minimum atomic E-state index is 0.624. The van der Waals surface area contributed by atoms with E-state index in [1.165, 1.54) is 82.6 Å². The van der Waals surface area contributed by atoms with Crippen LogP contribution >= 0.6 is 0 Å². The SMILES string of the molecule is CCCCCC1CCC(C2CCC(c3ccc(OCCc4ccc(N)cc4N)cc3)CC2)CC1. The smallest absolute Gasteiger partial charge is 0.119 e. The highest BCUT2D eigenvalue weighted by Gasteiger charge is 2.31. The van der Waals surface area contributed by atoms with Crippen molar-refractivity contribution >= 4 is 11.4 Å². The minimum absolute atomic E-state index is 0.624. The fourth-order valence-electron chi connectivity index (χ4n) is 6.51. The molecule has 0 spiro atoms. The molecular weight excluding hydrogens is 416 g/mol. The summed E-state index contributed by atoms with van der Waals surface area (Å²) in [5, 5.41) is 0. The van der Waals surface area contributed by atoms with E-state index in [9.17, 15) is 0 Å². The molecule has 3 heteroatoms. The van der Waals surface area contributed by atoms with Gasteiger partial charge in [-0.25, -0.2) is 0 Å². The number of benzene rings is 2. The molecule has 4 rings (SSSR count). The lowest BCUT2D eigenvalue weighted by Crippen LogP contribution is -2.25. The maximum absolute atomic E-state index is 6.05. The topological polar surface area (TPSA) is 61.3 Å². The van der Waals surface area contributed by atoms with E-state index in [-0.39, 0.29) is 0 Å². The molecule has 2 aliphatic rings. The second-order valence-electron chi connectivity index (χ2n) is 11.0. The second kappa shape index (κ2) is 12.5. The monoisotopic (exact) mass is 462 g/mol. The fourth-order valence-corrected chi connectivity index (χ4v) is 6.51. The van der Waals surface area contributed by atoms with Crippen molar-refractivity contribution in [3.63, 3.8) is 0 Å². The summed E-state index contributed by atoms with van der Waals surface area (Å²) in [5.41, 5.74) is 15.9. The lowest BCUT2D eigenvalue weighted by atomic mass is 9.68. The molecule has 0 aromatic heterocycles. The number of anilines is 2. The summed E-state index contributed by atoms with van der Waals surface area (Å²) in [6, 6.07) is 14.6. The van der Waals surface area contributed by atoms with Gasteiger partial charge in [0.25, 0.3) is 0 Å². The Morgan fingerprint density at radius 3 is 2.12 bits per heavy atom. The quantitative estimate of drug-likeness (QED) is 0.277. The third-order valence-corrected chi connectivity index (χ3v) is 8.71. The second-order valence-corrected chi connectivity index (χ2v) is 11.0. The van der Waals surface area contributed by atoms with Gasteiger partial charge in [-0.15, -0.1) is 0 Å².